The van der Waals surface area contributed by atoms with Crippen molar-refractivity contribution in [2.75, 3.05) is 39.5 Å². The summed E-state index contributed by atoms with van der Waals surface area (Å²) in [6, 6.07) is 0. The van der Waals surface area contributed by atoms with Gasteiger partial charge in [0.15, 0.2) is 6.54 Å². The van der Waals surface area contributed by atoms with E-state index in [0.717, 1.165) is 0 Å². The summed E-state index contributed by atoms with van der Waals surface area (Å²) in [6.07, 6.45) is -33.6. The Morgan fingerprint density at radius 1 is 0.821 bits per heavy atom. The minimum atomic E-state index is -6.91. The molecule has 0 aliphatic rings. The SMILES string of the molecule is C[N+](C)(CCCNS(=O)(=O)CCCC(CC(CC(F)(C(F)(F)F)C(F)(F)F)C(F)(F)F)C(F)(F)F)CC(=O)O. The fourth-order valence-electron chi connectivity index (χ4n) is 3.59. The molecular formula is C19H28F13N2O4S+. The van der Waals surface area contributed by atoms with Gasteiger partial charge in [-0.05, 0) is 19.3 Å². The molecule has 0 saturated carbocycles. The van der Waals surface area contributed by atoms with Crippen LogP contribution < -0.4 is 4.72 Å². The lowest BCUT2D eigenvalue weighted by molar-refractivity contribution is -0.883. The summed E-state index contributed by atoms with van der Waals surface area (Å²) in [5, 5.41) is 8.77. The molecule has 2 N–H and O–H groups in total. The minimum absolute atomic E-state index is 0.0481. The molecule has 0 aliphatic carbocycles. The maximum absolute atomic E-state index is 13.9. The van der Waals surface area contributed by atoms with Gasteiger partial charge in [0.2, 0.25) is 10.0 Å². The molecule has 0 heterocycles. The lowest BCUT2D eigenvalue weighted by atomic mass is 9.82. The average molecular weight is 627 g/mol. The zero-order valence-electron chi connectivity index (χ0n) is 20.5. The van der Waals surface area contributed by atoms with Crippen LogP contribution in [-0.2, 0) is 14.8 Å². The van der Waals surface area contributed by atoms with Crippen LogP contribution in [0.4, 0.5) is 57.1 Å². The van der Waals surface area contributed by atoms with Crippen molar-refractivity contribution >= 4 is 16.0 Å². The first-order valence-corrected chi connectivity index (χ1v) is 12.7. The number of carbonyl (C=O) groups is 1. The van der Waals surface area contributed by atoms with Gasteiger partial charge >= 0.3 is 30.7 Å². The van der Waals surface area contributed by atoms with Crippen LogP contribution in [0.5, 0.6) is 0 Å². The smallest absolute Gasteiger partial charge is 0.431 e. The largest absolute Gasteiger partial charge is 0.477 e. The lowest BCUT2D eigenvalue weighted by Crippen LogP contribution is -2.55. The zero-order valence-corrected chi connectivity index (χ0v) is 21.3. The third-order valence-electron chi connectivity index (χ3n) is 5.71. The first-order valence-electron chi connectivity index (χ1n) is 11.0. The molecule has 2 unspecified atom stereocenters. The van der Waals surface area contributed by atoms with Gasteiger partial charge in [-0.25, -0.2) is 22.3 Å². The minimum Gasteiger partial charge on any atom is -0.477 e. The van der Waals surface area contributed by atoms with Crippen LogP contribution in [0.1, 0.15) is 32.1 Å². The molecule has 0 rings (SSSR count). The second-order valence-corrected chi connectivity index (χ2v) is 11.6. The number of rotatable bonds is 15. The van der Waals surface area contributed by atoms with Gasteiger partial charge in [0.1, 0.15) is 0 Å². The summed E-state index contributed by atoms with van der Waals surface area (Å²) in [5.74, 6) is -9.43. The van der Waals surface area contributed by atoms with Gasteiger partial charge in [-0.1, -0.05) is 0 Å². The topological polar surface area (TPSA) is 83.5 Å². The van der Waals surface area contributed by atoms with Crippen molar-refractivity contribution in [2.45, 2.75) is 62.5 Å². The Morgan fingerprint density at radius 2 is 1.28 bits per heavy atom. The summed E-state index contributed by atoms with van der Waals surface area (Å²) in [6.45, 7) is -0.425. The molecule has 0 aromatic heterocycles. The Balaban J connectivity index is 5.43. The maximum Gasteiger partial charge on any atom is 0.431 e. The van der Waals surface area contributed by atoms with Gasteiger partial charge in [0.25, 0.3) is 5.67 Å². The molecule has 0 fully saturated rings. The molecule has 234 valence electrons. The summed E-state index contributed by atoms with van der Waals surface area (Å²) in [7, 11) is -1.27. The third kappa shape index (κ3) is 12.6. The number of hydrogen-bond donors (Lipinski definition) is 2. The van der Waals surface area contributed by atoms with Crippen LogP contribution >= 0.6 is 0 Å². The number of carboxylic acids is 1. The zero-order chi connectivity index (χ0) is 31.3. The predicted octanol–water partition coefficient (Wildman–Crippen LogP) is 5.21. The summed E-state index contributed by atoms with van der Waals surface area (Å²) in [5.41, 5.74) is -6.44. The molecule has 0 saturated heterocycles. The van der Waals surface area contributed by atoms with Crippen molar-refractivity contribution < 1.29 is 79.9 Å². The Bertz CT molecular complexity index is 883. The standard InChI is InChI=1S/C19H27F13N2O4S/c1-34(2,11-14(35)36)7-4-6-33-39(37,38)8-3-5-12(16(21,22)23)9-13(17(24,25)26)10-15(20,18(27,28)29)19(30,31)32/h12-13,33H,3-11H2,1-2H3/p+1. The van der Waals surface area contributed by atoms with Crippen molar-refractivity contribution in [3.05, 3.63) is 0 Å². The van der Waals surface area contributed by atoms with Crippen molar-refractivity contribution in [1.82, 2.24) is 4.72 Å². The lowest BCUT2D eigenvalue weighted by Gasteiger charge is -2.35. The van der Waals surface area contributed by atoms with Crippen LogP contribution in [0.2, 0.25) is 0 Å². The van der Waals surface area contributed by atoms with E-state index < -0.39 is 89.6 Å². The van der Waals surface area contributed by atoms with Crippen molar-refractivity contribution in [1.29, 1.82) is 0 Å². The van der Waals surface area contributed by atoms with E-state index in [4.69, 9.17) is 5.11 Å². The van der Waals surface area contributed by atoms with Crippen molar-refractivity contribution in [3.63, 3.8) is 0 Å². The first-order chi connectivity index (χ1) is 17.0. The average Bonchev–Trinajstić information content (AvgIpc) is 2.65. The highest BCUT2D eigenvalue weighted by Crippen LogP contribution is 2.53. The first kappa shape index (κ1) is 37.4. The fourth-order valence-corrected chi connectivity index (χ4v) is 4.74. The van der Waals surface area contributed by atoms with Crippen molar-refractivity contribution in [3.8, 4) is 0 Å². The van der Waals surface area contributed by atoms with Gasteiger partial charge in [0.05, 0.1) is 38.2 Å². The van der Waals surface area contributed by atoms with E-state index in [1.165, 1.54) is 14.1 Å². The molecule has 0 spiro atoms. The van der Waals surface area contributed by atoms with Gasteiger partial charge in [-0.15, -0.1) is 0 Å². The molecule has 2 atom stereocenters. The number of sulfonamides is 1. The van der Waals surface area contributed by atoms with Crippen LogP contribution in [0, 0.1) is 11.8 Å². The van der Waals surface area contributed by atoms with E-state index in [1.807, 2.05) is 4.72 Å². The molecule has 39 heavy (non-hydrogen) atoms. The predicted molar refractivity (Wildman–Crippen MR) is 109 cm³/mol. The molecule has 20 heteroatoms. The van der Waals surface area contributed by atoms with Crippen LogP contribution in [0.3, 0.4) is 0 Å². The third-order valence-corrected chi connectivity index (χ3v) is 7.18. The molecule has 0 aromatic rings. The number of likely N-dealkylation sites (N-methyl/N-ethyl adjacent to an activating group) is 1. The highest BCUT2D eigenvalue weighted by Gasteiger charge is 2.74. The van der Waals surface area contributed by atoms with E-state index in [1.54, 1.807) is 0 Å². The number of quaternary nitrogens is 1. The molecule has 0 amide bonds. The Labute approximate surface area is 215 Å². The van der Waals surface area contributed by atoms with Gasteiger partial charge in [-0.2, -0.15) is 52.7 Å². The number of nitrogens with one attached hydrogen (secondary N) is 1. The number of aliphatic carboxylic acids is 1. The van der Waals surface area contributed by atoms with Crippen LogP contribution in [0.15, 0.2) is 0 Å². The van der Waals surface area contributed by atoms with Crippen LogP contribution in [0.25, 0.3) is 0 Å². The normalized spacial score (nSPS) is 16.3. The number of nitrogens with zero attached hydrogens (tertiary/aromatic N) is 1. The molecule has 0 bridgehead atoms. The molecule has 0 aromatic carbocycles. The summed E-state index contributed by atoms with van der Waals surface area (Å²) < 4.78 is 196. The number of halogens is 13. The van der Waals surface area contributed by atoms with E-state index in [9.17, 15) is 70.3 Å². The van der Waals surface area contributed by atoms with Crippen molar-refractivity contribution in [2.24, 2.45) is 11.8 Å². The highest BCUT2D eigenvalue weighted by molar-refractivity contribution is 7.89. The monoisotopic (exact) mass is 627 g/mol. The molecule has 0 aliphatic heterocycles. The number of alkyl halides is 13. The summed E-state index contributed by atoms with van der Waals surface area (Å²) >= 11 is 0. The van der Waals surface area contributed by atoms with Gasteiger partial charge < -0.3 is 9.59 Å². The van der Waals surface area contributed by atoms with E-state index >= 15 is 0 Å². The quantitative estimate of drug-likeness (QED) is 0.149. The highest BCUT2D eigenvalue weighted by atomic mass is 32.2. The fraction of sp³-hybridized carbons (Fsp3) is 0.947. The second-order valence-electron chi connectivity index (χ2n) is 9.63. The Hall–Kier alpha value is -1.57. The van der Waals surface area contributed by atoms with Gasteiger partial charge in [-0.3, -0.25) is 0 Å². The Morgan fingerprint density at radius 3 is 1.67 bits per heavy atom. The van der Waals surface area contributed by atoms with E-state index in [2.05, 4.69) is 0 Å². The molecule has 6 nitrogen and oxygen atoms in total. The summed E-state index contributed by atoms with van der Waals surface area (Å²) in [4.78, 5) is 10.7. The molecular weight excluding hydrogens is 599 g/mol. The number of carboxylic acid groups (broad SMARTS) is 1. The Kier molecular flexibility index (Phi) is 12.4. The van der Waals surface area contributed by atoms with E-state index in [-0.39, 0.29) is 30.5 Å². The van der Waals surface area contributed by atoms with Gasteiger partial charge in [0, 0.05) is 19.4 Å². The maximum atomic E-state index is 13.9. The van der Waals surface area contributed by atoms with Crippen LogP contribution in [-0.4, -0.2) is 93.8 Å². The molecule has 0 radical (unpaired) electrons. The number of hydrogen-bond acceptors (Lipinski definition) is 3. The second kappa shape index (κ2) is 12.9. The van der Waals surface area contributed by atoms with E-state index in [0.29, 0.717) is 0 Å².